The van der Waals surface area contributed by atoms with E-state index >= 15 is 0 Å². The second-order valence-corrected chi connectivity index (χ2v) is 4.05. The number of aromatic nitrogens is 2. The van der Waals surface area contributed by atoms with Crippen molar-refractivity contribution in [3.63, 3.8) is 0 Å². The lowest BCUT2D eigenvalue weighted by atomic mass is 10.1. The van der Waals surface area contributed by atoms with Crippen LogP contribution in [0.1, 0.15) is 18.9 Å². The van der Waals surface area contributed by atoms with Gasteiger partial charge in [-0.05, 0) is 6.42 Å². The van der Waals surface area contributed by atoms with E-state index in [1.54, 1.807) is 0 Å². The smallest absolute Gasteiger partial charge is 0.149 e. The van der Waals surface area contributed by atoms with Crippen LogP contribution in [0, 0.1) is 0 Å². The Morgan fingerprint density at radius 3 is 2.88 bits per heavy atom. The zero-order valence-corrected chi connectivity index (χ0v) is 10.1. The van der Waals surface area contributed by atoms with Gasteiger partial charge >= 0.3 is 0 Å². The summed E-state index contributed by atoms with van der Waals surface area (Å²) in [5.74, 6) is 1.39. The van der Waals surface area contributed by atoms with Crippen molar-refractivity contribution in [3.05, 3.63) is 11.9 Å². The van der Waals surface area contributed by atoms with Crippen LogP contribution in [-0.4, -0.2) is 41.3 Å². The van der Waals surface area contributed by atoms with Crippen molar-refractivity contribution in [2.24, 2.45) is 0 Å². The van der Waals surface area contributed by atoms with E-state index in [2.05, 4.69) is 27.3 Å². The molecule has 0 saturated carbocycles. The highest BCUT2D eigenvalue weighted by Crippen LogP contribution is 2.19. The predicted octanol–water partition coefficient (Wildman–Crippen LogP) is 0.670. The molecular weight excluding hydrogens is 218 g/mol. The average Bonchev–Trinajstić information content (AvgIpc) is 2.35. The van der Waals surface area contributed by atoms with Crippen molar-refractivity contribution in [1.29, 1.82) is 0 Å². The second kappa shape index (κ2) is 5.79. The Bertz CT molecular complexity index is 365. The highest BCUT2D eigenvalue weighted by Gasteiger charge is 2.14. The van der Waals surface area contributed by atoms with Crippen LogP contribution < -0.4 is 11.2 Å². The summed E-state index contributed by atoms with van der Waals surface area (Å²) in [4.78, 5) is 8.30. The van der Waals surface area contributed by atoms with Crippen molar-refractivity contribution >= 4 is 11.6 Å². The van der Waals surface area contributed by atoms with Gasteiger partial charge in [-0.2, -0.15) is 0 Å². The van der Waals surface area contributed by atoms with E-state index in [1.807, 2.05) is 0 Å². The summed E-state index contributed by atoms with van der Waals surface area (Å²) in [5.41, 5.74) is 10.2. The van der Waals surface area contributed by atoms with Crippen molar-refractivity contribution < 1.29 is 4.74 Å². The standard InChI is InChI=1S/C11H19N5O/c1-2-3-9-10(12)13-8-14-11(9)15-16-4-6-17-7-5-16/h8H,2-7H2,1H3,(H3,12,13,14,15). The lowest BCUT2D eigenvalue weighted by molar-refractivity contribution is 0.0494. The summed E-state index contributed by atoms with van der Waals surface area (Å²) >= 11 is 0. The molecule has 1 fully saturated rings. The van der Waals surface area contributed by atoms with Crippen molar-refractivity contribution in [2.45, 2.75) is 19.8 Å². The molecule has 6 nitrogen and oxygen atoms in total. The maximum Gasteiger partial charge on any atom is 0.149 e. The van der Waals surface area contributed by atoms with Crippen molar-refractivity contribution in [3.8, 4) is 0 Å². The molecule has 0 unspecified atom stereocenters. The van der Waals surface area contributed by atoms with Crippen LogP contribution in [0.2, 0.25) is 0 Å². The molecule has 0 bridgehead atoms. The quantitative estimate of drug-likeness (QED) is 0.801. The molecule has 0 radical (unpaired) electrons. The summed E-state index contributed by atoms with van der Waals surface area (Å²) < 4.78 is 5.30. The van der Waals surface area contributed by atoms with Gasteiger partial charge in [-0.25, -0.2) is 15.0 Å². The zero-order valence-electron chi connectivity index (χ0n) is 10.1. The predicted molar refractivity (Wildman–Crippen MR) is 66.5 cm³/mol. The highest BCUT2D eigenvalue weighted by molar-refractivity contribution is 5.54. The minimum atomic E-state index is 0.567. The minimum Gasteiger partial charge on any atom is -0.383 e. The number of nitrogens with one attached hydrogen (secondary N) is 1. The third-order valence-electron chi connectivity index (χ3n) is 2.75. The molecule has 0 aromatic carbocycles. The third-order valence-corrected chi connectivity index (χ3v) is 2.75. The van der Waals surface area contributed by atoms with Gasteiger partial charge in [0, 0.05) is 18.7 Å². The van der Waals surface area contributed by atoms with Gasteiger partial charge < -0.3 is 15.9 Å². The number of rotatable bonds is 4. The van der Waals surface area contributed by atoms with Gasteiger partial charge in [-0.15, -0.1) is 0 Å². The number of anilines is 2. The topological polar surface area (TPSA) is 76.3 Å². The third kappa shape index (κ3) is 3.04. The van der Waals surface area contributed by atoms with Crippen LogP contribution in [0.5, 0.6) is 0 Å². The molecule has 1 aromatic heterocycles. The Morgan fingerprint density at radius 1 is 1.41 bits per heavy atom. The Balaban J connectivity index is 2.10. The molecule has 1 aliphatic heterocycles. The van der Waals surface area contributed by atoms with Gasteiger partial charge in [-0.1, -0.05) is 13.3 Å². The number of ether oxygens (including phenoxy) is 1. The van der Waals surface area contributed by atoms with Gasteiger partial charge in [0.1, 0.15) is 18.0 Å². The van der Waals surface area contributed by atoms with Crippen LogP contribution in [0.25, 0.3) is 0 Å². The molecular formula is C11H19N5O. The first kappa shape index (κ1) is 12.1. The maximum absolute atomic E-state index is 5.88. The second-order valence-electron chi connectivity index (χ2n) is 4.05. The van der Waals surface area contributed by atoms with E-state index in [9.17, 15) is 0 Å². The number of morpholine rings is 1. The molecule has 1 aliphatic rings. The first-order valence-corrected chi connectivity index (χ1v) is 6.00. The fraction of sp³-hybridized carbons (Fsp3) is 0.636. The monoisotopic (exact) mass is 237 g/mol. The lowest BCUT2D eigenvalue weighted by Crippen LogP contribution is -2.40. The van der Waals surface area contributed by atoms with E-state index in [4.69, 9.17) is 10.5 Å². The Labute approximate surface area is 101 Å². The zero-order chi connectivity index (χ0) is 12.1. The molecule has 2 heterocycles. The van der Waals surface area contributed by atoms with Gasteiger partial charge in [-0.3, -0.25) is 0 Å². The normalized spacial score (nSPS) is 17.0. The fourth-order valence-corrected chi connectivity index (χ4v) is 1.84. The SMILES string of the molecule is CCCc1c(N)ncnc1NN1CCOCC1. The van der Waals surface area contributed by atoms with Crippen LogP contribution >= 0.6 is 0 Å². The first-order chi connectivity index (χ1) is 8.31. The maximum atomic E-state index is 5.88. The Kier molecular flexibility index (Phi) is 4.11. The Morgan fingerprint density at radius 2 is 2.18 bits per heavy atom. The number of nitrogens with zero attached hydrogens (tertiary/aromatic N) is 3. The first-order valence-electron chi connectivity index (χ1n) is 6.00. The molecule has 1 aromatic rings. The van der Waals surface area contributed by atoms with E-state index < -0.39 is 0 Å². The molecule has 0 aliphatic carbocycles. The molecule has 3 N–H and O–H groups in total. The van der Waals surface area contributed by atoms with E-state index in [0.717, 1.165) is 50.5 Å². The summed E-state index contributed by atoms with van der Waals surface area (Å²) in [6, 6.07) is 0. The summed E-state index contributed by atoms with van der Waals surface area (Å²) in [5, 5.41) is 2.10. The molecule has 0 amide bonds. The van der Waals surface area contributed by atoms with E-state index in [-0.39, 0.29) is 0 Å². The molecule has 1 saturated heterocycles. The van der Waals surface area contributed by atoms with E-state index in [1.165, 1.54) is 6.33 Å². The van der Waals surface area contributed by atoms with Crippen molar-refractivity contribution in [2.75, 3.05) is 37.5 Å². The van der Waals surface area contributed by atoms with Gasteiger partial charge in [0.2, 0.25) is 0 Å². The molecule has 0 atom stereocenters. The summed E-state index contributed by atoms with van der Waals surface area (Å²) in [6.45, 7) is 5.32. The molecule has 17 heavy (non-hydrogen) atoms. The fourth-order valence-electron chi connectivity index (χ4n) is 1.84. The van der Waals surface area contributed by atoms with Crippen LogP contribution in [0.4, 0.5) is 11.6 Å². The molecule has 0 spiro atoms. The van der Waals surface area contributed by atoms with Gasteiger partial charge in [0.05, 0.1) is 13.2 Å². The van der Waals surface area contributed by atoms with Crippen molar-refractivity contribution in [1.82, 2.24) is 15.0 Å². The summed E-state index contributed by atoms with van der Waals surface area (Å²) in [6.07, 6.45) is 3.41. The largest absolute Gasteiger partial charge is 0.383 e. The molecule has 6 heteroatoms. The van der Waals surface area contributed by atoms with Crippen LogP contribution in [-0.2, 0) is 11.2 Å². The van der Waals surface area contributed by atoms with Crippen LogP contribution in [0.15, 0.2) is 6.33 Å². The molecule has 94 valence electrons. The number of hydrogen-bond donors (Lipinski definition) is 2. The Hall–Kier alpha value is -1.40. The number of hydrogen-bond acceptors (Lipinski definition) is 6. The minimum absolute atomic E-state index is 0.567. The number of nitrogen functional groups attached to an aromatic ring is 1. The van der Waals surface area contributed by atoms with E-state index in [0.29, 0.717) is 5.82 Å². The number of hydrazine groups is 1. The van der Waals surface area contributed by atoms with Gasteiger partial charge in [0.15, 0.2) is 0 Å². The lowest BCUT2D eigenvalue weighted by Gasteiger charge is -2.28. The molecule has 2 rings (SSSR count). The summed E-state index contributed by atoms with van der Waals surface area (Å²) in [7, 11) is 0. The van der Waals surface area contributed by atoms with Crippen LogP contribution in [0.3, 0.4) is 0 Å². The average molecular weight is 237 g/mol. The number of nitrogens with two attached hydrogens (primary N) is 1. The highest BCUT2D eigenvalue weighted by atomic mass is 16.5. The van der Waals surface area contributed by atoms with Gasteiger partial charge in [0.25, 0.3) is 0 Å².